The maximum atomic E-state index is 2.40. The highest BCUT2D eigenvalue weighted by Gasteiger charge is 2.56. The quantitative estimate of drug-likeness (QED) is 0.245. The van der Waals surface area contributed by atoms with E-state index in [1.807, 2.05) is 0 Å². The number of hydrogen-bond donors (Lipinski definition) is 0. The van der Waals surface area contributed by atoms with Gasteiger partial charge in [-0.05, 0) is 206 Å². The van der Waals surface area contributed by atoms with Gasteiger partial charge in [0.05, 0.1) is 0 Å². The summed E-state index contributed by atoms with van der Waals surface area (Å²) in [6.07, 6.45) is 5.55. The lowest BCUT2D eigenvalue weighted by Crippen LogP contribution is -2.56. The predicted molar refractivity (Wildman–Crippen MR) is 284 cm³/mol. The summed E-state index contributed by atoms with van der Waals surface area (Å²) in [5.41, 5.74) is 14.8. The third-order valence-corrected chi connectivity index (χ3v) is 18.9. The fraction of sp³-hybridized carbons (Fsp3) is 0.710. The monoisotopic (exact) mass is 851 g/mol. The summed E-state index contributed by atoms with van der Waals surface area (Å²) in [4.78, 5) is 0. The molecule has 0 bridgehead atoms. The van der Waals surface area contributed by atoms with Crippen LogP contribution in [-0.2, 0) is 0 Å². The Morgan fingerprint density at radius 3 is 0.806 bits per heavy atom. The van der Waals surface area contributed by atoms with Gasteiger partial charge in [0.25, 0.3) is 0 Å². The molecule has 3 aliphatic rings. The second-order valence-corrected chi connectivity index (χ2v) is 23.3. The van der Waals surface area contributed by atoms with Gasteiger partial charge in [-0.15, -0.1) is 0 Å². The van der Waals surface area contributed by atoms with Crippen LogP contribution in [-0.4, -0.2) is 0 Å². The molecule has 6 rings (SSSR count). The molecule has 3 aliphatic carbocycles. The van der Waals surface area contributed by atoms with Gasteiger partial charge in [-0.1, -0.05) is 186 Å². The highest BCUT2D eigenvalue weighted by atomic mass is 14.6. The van der Waals surface area contributed by atoms with Gasteiger partial charge in [0.2, 0.25) is 0 Å². The summed E-state index contributed by atoms with van der Waals surface area (Å²) in [6.45, 7) is 59.7. The van der Waals surface area contributed by atoms with E-state index in [-0.39, 0.29) is 0 Å². The molecule has 0 amide bonds. The van der Waals surface area contributed by atoms with Crippen LogP contribution >= 0.6 is 0 Å². The van der Waals surface area contributed by atoms with E-state index in [9.17, 15) is 0 Å². The van der Waals surface area contributed by atoms with Gasteiger partial charge in [0.1, 0.15) is 0 Å². The van der Waals surface area contributed by atoms with E-state index >= 15 is 0 Å². The van der Waals surface area contributed by atoms with Crippen molar-refractivity contribution < 1.29 is 0 Å². The smallest absolute Gasteiger partial charge is 0.0181 e. The predicted octanol–water partition coefficient (Wildman–Crippen LogP) is 19.8. The molecule has 0 aliphatic heterocycles. The van der Waals surface area contributed by atoms with Crippen LogP contribution in [0.15, 0.2) is 48.5 Å². The van der Waals surface area contributed by atoms with Crippen LogP contribution in [0.2, 0.25) is 0 Å². The van der Waals surface area contributed by atoms with Crippen LogP contribution in [0.5, 0.6) is 0 Å². The van der Waals surface area contributed by atoms with Crippen molar-refractivity contribution in [3.63, 3.8) is 0 Å². The molecule has 3 aromatic rings. The summed E-state index contributed by atoms with van der Waals surface area (Å²) in [5, 5.41) is 0. The summed E-state index contributed by atoms with van der Waals surface area (Å²) in [7, 11) is 0. The Labute approximate surface area is 390 Å². The Morgan fingerprint density at radius 1 is 0.387 bits per heavy atom. The summed E-state index contributed by atoms with van der Waals surface area (Å²) < 4.78 is 0. The lowest BCUT2D eigenvalue weighted by molar-refractivity contribution is -0.141. The zero-order chi connectivity index (χ0) is 48.2. The Bertz CT molecular complexity index is 1550. The highest BCUT2D eigenvalue weighted by Crippen LogP contribution is 2.62. The van der Waals surface area contributed by atoms with E-state index in [1.54, 1.807) is 0 Å². The lowest BCUT2D eigenvalue weighted by Gasteiger charge is -2.62. The largest absolute Gasteiger partial charge is 0.0651 e. The fourth-order valence-electron chi connectivity index (χ4n) is 10.2. The first-order valence-corrected chi connectivity index (χ1v) is 25.7. The van der Waals surface area contributed by atoms with Gasteiger partial charge < -0.3 is 0 Å². The molecule has 6 unspecified atom stereocenters. The normalized spacial score (nSPS) is 28.6. The minimum Gasteiger partial charge on any atom is -0.0651 e. The number of hydrogen-bond acceptors (Lipinski definition) is 0. The second-order valence-electron chi connectivity index (χ2n) is 23.3. The van der Waals surface area contributed by atoms with Gasteiger partial charge in [0, 0.05) is 0 Å². The maximum absolute atomic E-state index is 2.40. The molecule has 0 heterocycles. The first kappa shape index (κ1) is 57.7. The number of rotatable bonds is 4. The van der Waals surface area contributed by atoms with Gasteiger partial charge >= 0.3 is 0 Å². The van der Waals surface area contributed by atoms with E-state index in [2.05, 4.69) is 229 Å². The zero-order valence-electron chi connectivity index (χ0n) is 46.4. The Balaban J connectivity index is 0.000000380. The lowest BCUT2D eigenvalue weighted by atomic mass is 9.42. The van der Waals surface area contributed by atoms with Gasteiger partial charge in [-0.25, -0.2) is 0 Å². The molecule has 3 aromatic carbocycles. The highest BCUT2D eigenvalue weighted by molar-refractivity contribution is 5.66. The molecule has 0 nitrogen and oxygen atoms in total. The van der Waals surface area contributed by atoms with Crippen LogP contribution in [0.3, 0.4) is 0 Å². The molecule has 3 fully saturated rings. The first-order chi connectivity index (χ1) is 28.5. The molecule has 0 radical (unpaired) electrons. The second kappa shape index (κ2) is 25.4. The van der Waals surface area contributed by atoms with Gasteiger partial charge in [-0.2, -0.15) is 0 Å². The molecular weight excluding hydrogens is 745 g/mol. The standard InChI is InChI=1S/C16H18.2C10H20.C10H14.C8H16.C8H18/c1-11-5-7-15(9-13(11)3)16-8-6-12(2)14(4)10-16;1-7-9(3,4)8(2)10(7,5)6;2*1-7-5-9(3)10(4)6-8(7)2;1-5-6(2)8(4)7(5)3;1-5-7(3)8(4)6-2/h5-10H,1-4H3;7-8H,1-6H3;7-10H,5-6H2,1-4H3;5-6H,1-4H3;5-8H,1-4H3;7-8H,5-6H2,1-4H3. The third kappa shape index (κ3) is 16.0. The van der Waals surface area contributed by atoms with E-state index in [1.165, 1.54) is 81.3 Å². The topological polar surface area (TPSA) is 0 Å². The zero-order valence-corrected chi connectivity index (χ0v) is 46.4. The molecule has 0 aromatic heterocycles. The van der Waals surface area contributed by atoms with Gasteiger partial charge in [-0.3, -0.25) is 0 Å². The van der Waals surface area contributed by atoms with E-state index < -0.39 is 0 Å². The molecule has 6 atom stereocenters. The minimum absolute atomic E-state index is 0.573. The fourth-order valence-corrected chi connectivity index (χ4v) is 10.2. The van der Waals surface area contributed by atoms with Crippen LogP contribution in [0.4, 0.5) is 0 Å². The van der Waals surface area contributed by atoms with Crippen molar-refractivity contribution >= 4 is 0 Å². The van der Waals surface area contributed by atoms with Crippen molar-refractivity contribution in [2.45, 2.75) is 206 Å². The van der Waals surface area contributed by atoms with Crippen LogP contribution < -0.4 is 0 Å². The van der Waals surface area contributed by atoms with Crippen LogP contribution in [0, 0.1) is 137 Å². The van der Waals surface area contributed by atoms with Gasteiger partial charge in [0.15, 0.2) is 0 Å². The third-order valence-electron chi connectivity index (χ3n) is 18.9. The number of benzene rings is 3. The molecule has 0 saturated heterocycles. The Morgan fingerprint density at radius 2 is 0.613 bits per heavy atom. The van der Waals surface area contributed by atoms with Crippen LogP contribution in [0.25, 0.3) is 11.1 Å². The summed E-state index contributed by atoms with van der Waals surface area (Å²) in [5.74, 6) is 11.3. The van der Waals surface area contributed by atoms with Crippen molar-refractivity contribution in [2.75, 3.05) is 0 Å². The average Bonchev–Trinajstić information content (AvgIpc) is 3.23. The molecule has 0 heteroatoms. The molecular formula is C62H106. The molecule has 0 N–H and O–H groups in total. The van der Waals surface area contributed by atoms with Crippen molar-refractivity contribution in [3.8, 4) is 11.1 Å². The summed E-state index contributed by atoms with van der Waals surface area (Å²) in [6, 6.07) is 17.8. The minimum atomic E-state index is 0.573. The molecule has 354 valence electrons. The molecule has 0 spiro atoms. The Kier molecular flexibility index (Phi) is 23.6. The maximum Gasteiger partial charge on any atom is -0.0181 e. The van der Waals surface area contributed by atoms with E-state index in [4.69, 9.17) is 0 Å². The van der Waals surface area contributed by atoms with Crippen LogP contribution in [0.1, 0.15) is 195 Å². The summed E-state index contributed by atoms with van der Waals surface area (Å²) >= 11 is 0. The molecule has 3 saturated carbocycles. The average molecular weight is 852 g/mol. The Hall–Kier alpha value is -2.34. The first-order valence-electron chi connectivity index (χ1n) is 25.7. The van der Waals surface area contributed by atoms with Crippen molar-refractivity contribution in [2.24, 2.45) is 81.8 Å². The van der Waals surface area contributed by atoms with Crippen molar-refractivity contribution in [1.82, 2.24) is 0 Å². The number of aryl methyl sites for hydroxylation is 8. The SMILES string of the molecule is CC1C(C)(C)C(C)C1(C)C.CC1C(C)C(C)C1C.CC1CC(C)C(C)CC1C.CCC(C)C(C)CC.Cc1cc(C)c(C)cc1C.Cc1ccc(-c2ccc(C)c(C)c2)cc1C. The van der Waals surface area contributed by atoms with E-state index in [0.29, 0.717) is 10.8 Å². The van der Waals surface area contributed by atoms with Crippen molar-refractivity contribution in [1.29, 1.82) is 0 Å². The van der Waals surface area contributed by atoms with Crippen molar-refractivity contribution in [3.05, 3.63) is 93.0 Å². The molecule has 62 heavy (non-hydrogen) atoms. The van der Waals surface area contributed by atoms with E-state index in [0.717, 1.165) is 71.0 Å².